The zero-order valence-corrected chi connectivity index (χ0v) is 14.7. The fourth-order valence-corrected chi connectivity index (χ4v) is 3.58. The minimum absolute atomic E-state index is 0.0291. The van der Waals surface area contributed by atoms with Gasteiger partial charge in [0.05, 0.1) is 17.0 Å². The van der Waals surface area contributed by atoms with Gasteiger partial charge in [0.15, 0.2) is 9.84 Å². The molecule has 4 nitrogen and oxygen atoms in total. The van der Waals surface area contributed by atoms with Gasteiger partial charge in [0.2, 0.25) is 0 Å². The number of sulfone groups is 1. The standard InChI is InChI=1S/C19H19NO3S/c1-12-9-18(15-5-7-19(21)13(2)8-15)20-17-6-4-14(10-16(12)17)11-24(3,22)23/h4-10,21H,11H2,1-3H3. The van der Waals surface area contributed by atoms with Crippen molar-refractivity contribution in [2.75, 3.05) is 6.26 Å². The topological polar surface area (TPSA) is 67.3 Å². The van der Waals surface area contributed by atoms with Crippen LogP contribution in [0, 0.1) is 13.8 Å². The van der Waals surface area contributed by atoms with Crippen molar-refractivity contribution in [1.82, 2.24) is 4.98 Å². The maximum Gasteiger partial charge on any atom is 0.151 e. The fourth-order valence-electron chi connectivity index (χ4n) is 2.80. The average molecular weight is 341 g/mol. The summed E-state index contributed by atoms with van der Waals surface area (Å²) in [4.78, 5) is 4.68. The molecule has 0 spiro atoms. The Labute approximate surface area is 141 Å². The summed E-state index contributed by atoms with van der Waals surface area (Å²) >= 11 is 0. The summed E-state index contributed by atoms with van der Waals surface area (Å²) in [5.74, 6) is 0.294. The van der Waals surface area contributed by atoms with Crippen molar-refractivity contribution < 1.29 is 13.5 Å². The molecule has 1 N–H and O–H groups in total. The maximum absolute atomic E-state index is 11.5. The smallest absolute Gasteiger partial charge is 0.151 e. The van der Waals surface area contributed by atoms with Gasteiger partial charge in [-0.2, -0.15) is 0 Å². The van der Waals surface area contributed by atoms with Crippen LogP contribution in [-0.2, 0) is 15.6 Å². The number of hydrogen-bond donors (Lipinski definition) is 1. The summed E-state index contributed by atoms with van der Waals surface area (Å²) in [6, 6.07) is 13.0. The summed E-state index contributed by atoms with van der Waals surface area (Å²) in [7, 11) is -3.06. The number of pyridine rings is 1. The van der Waals surface area contributed by atoms with E-state index in [1.54, 1.807) is 6.07 Å². The predicted molar refractivity (Wildman–Crippen MR) is 96.9 cm³/mol. The van der Waals surface area contributed by atoms with Gasteiger partial charge in [0.1, 0.15) is 5.75 Å². The fraction of sp³-hybridized carbons (Fsp3) is 0.211. The number of phenols is 1. The predicted octanol–water partition coefficient (Wildman–Crippen LogP) is 3.77. The molecule has 0 aliphatic carbocycles. The lowest BCUT2D eigenvalue weighted by Gasteiger charge is -2.09. The molecule has 0 amide bonds. The highest BCUT2D eigenvalue weighted by molar-refractivity contribution is 7.89. The number of hydrogen-bond acceptors (Lipinski definition) is 4. The summed E-state index contributed by atoms with van der Waals surface area (Å²) in [6.45, 7) is 3.84. The molecule has 3 aromatic rings. The highest BCUT2D eigenvalue weighted by Crippen LogP contribution is 2.28. The van der Waals surface area contributed by atoms with Gasteiger partial charge in [0, 0.05) is 17.2 Å². The summed E-state index contributed by atoms with van der Waals surface area (Å²) < 4.78 is 23.0. The second kappa shape index (κ2) is 5.91. The molecule has 0 unspecified atom stereocenters. The van der Waals surface area contributed by atoms with Crippen LogP contribution >= 0.6 is 0 Å². The highest BCUT2D eigenvalue weighted by atomic mass is 32.2. The van der Waals surface area contributed by atoms with E-state index in [0.717, 1.165) is 38.9 Å². The molecule has 1 heterocycles. The highest BCUT2D eigenvalue weighted by Gasteiger charge is 2.10. The molecule has 0 aliphatic heterocycles. The summed E-state index contributed by atoms with van der Waals surface area (Å²) in [5, 5.41) is 10.6. The molecule has 124 valence electrons. The molecule has 5 heteroatoms. The van der Waals surface area contributed by atoms with Gasteiger partial charge in [-0.25, -0.2) is 13.4 Å². The lowest BCUT2D eigenvalue weighted by atomic mass is 10.0. The molecular formula is C19H19NO3S. The second-order valence-electron chi connectivity index (χ2n) is 6.25. The molecule has 0 atom stereocenters. The first-order chi connectivity index (χ1) is 11.2. The van der Waals surface area contributed by atoms with Crippen LogP contribution < -0.4 is 0 Å². The third-order valence-electron chi connectivity index (χ3n) is 4.00. The van der Waals surface area contributed by atoms with Crippen LogP contribution in [-0.4, -0.2) is 24.8 Å². The molecule has 0 saturated heterocycles. The van der Waals surface area contributed by atoms with E-state index < -0.39 is 9.84 Å². The molecular weight excluding hydrogens is 322 g/mol. The minimum Gasteiger partial charge on any atom is -0.508 e. The number of rotatable bonds is 3. The molecule has 2 aromatic carbocycles. The van der Waals surface area contributed by atoms with E-state index in [2.05, 4.69) is 4.98 Å². The molecule has 1 aromatic heterocycles. The molecule has 24 heavy (non-hydrogen) atoms. The molecule has 0 fully saturated rings. The van der Waals surface area contributed by atoms with Crippen molar-refractivity contribution in [3.63, 3.8) is 0 Å². The first kappa shape index (κ1) is 16.5. The van der Waals surface area contributed by atoms with Gasteiger partial charge in [-0.15, -0.1) is 0 Å². The van der Waals surface area contributed by atoms with Gasteiger partial charge < -0.3 is 5.11 Å². The number of phenolic OH excluding ortho intramolecular Hbond substituents is 1. The Hall–Kier alpha value is -2.40. The zero-order valence-electron chi connectivity index (χ0n) is 13.9. The van der Waals surface area contributed by atoms with Crippen LogP contribution in [0.3, 0.4) is 0 Å². The van der Waals surface area contributed by atoms with E-state index >= 15 is 0 Å². The van der Waals surface area contributed by atoms with Gasteiger partial charge in [0.25, 0.3) is 0 Å². The molecule has 0 aliphatic rings. The summed E-state index contributed by atoms with van der Waals surface area (Å²) in [6.07, 6.45) is 1.23. The van der Waals surface area contributed by atoms with Gasteiger partial charge >= 0.3 is 0 Å². The quantitative estimate of drug-likeness (QED) is 0.787. The Morgan fingerprint density at radius 1 is 1.00 bits per heavy atom. The zero-order chi connectivity index (χ0) is 17.5. The Morgan fingerprint density at radius 3 is 2.42 bits per heavy atom. The third-order valence-corrected chi connectivity index (χ3v) is 4.86. The van der Waals surface area contributed by atoms with E-state index in [0.29, 0.717) is 0 Å². The normalized spacial score (nSPS) is 11.8. The van der Waals surface area contributed by atoms with Crippen LogP contribution in [0.25, 0.3) is 22.2 Å². The third kappa shape index (κ3) is 3.41. The lowest BCUT2D eigenvalue weighted by molar-refractivity contribution is 0.471. The second-order valence-corrected chi connectivity index (χ2v) is 8.39. The van der Waals surface area contributed by atoms with Crippen molar-refractivity contribution >= 4 is 20.7 Å². The van der Waals surface area contributed by atoms with Gasteiger partial charge in [-0.3, -0.25) is 0 Å². The van der Waals surface area contributed by atoms with Crippen LogP contribution in [0.1, 0.15) is 16.7 Å². The molecule has 0 bridgehead atoms. The van der Waals surface area contributed by atoms with E-state index in [1.807, 2.05) is 50.2 Å². The number of aromatic hydroxyl groups is 1. The number of aromatic nitrogens is 1. The maximum atomic E-state index is 11.5. The van der Waals surface area contributed by atoms with Gasteiger partial charge in [-0.05, 0) is 66.9 Å². The Kier molecular flexibility index (Phi) is 4.05. The minimum atomic E-state index is -3.06. The van der Waals surface area contributed by atoms with Crippen LogP contribution in [0.5, 0.6) is 5.75 Å². The van der Waals surface area contributed by atoms with Crippen molar-refractivity contribution in [2.45, 2.75) is 19.6 Å². The molecule has 3 rings (SSSR count). The number of aryl methyl sites for hydroxylation is 2. The van der Waals surface area contributed by atoms with E-state index in [4.69, 9.17) is 0 Å². The Balaban J connectivity index is 2.10. The first-order valence-electron chi connectivity index (χ1n) is 7.61. The van der Waals surface area contributed by atoms with Crippen molar-refractivity contribution in [2.24, 2.45) is 0 Å². The largest absolute Gasteiger partial charge is 0.508 e. The molecule has 0 saturated carbocycles. The van der Waals surface area contributed by atoms with E-state index in [1.165, 1.54) is 6.26 Å². The monoisotopic (exact) mass is 341 g/mol. The summed E-state index contributed by atoms with van der Waals surface area (Å²) in [5.41, 5.74) is 5.21. The van der Waals surface area contributed by atoms with Crippen LogP contribution in [0.2, 0.25) is 0 Å². The van der Waals surface area contributed by atoms with E-state index in [9.17, 15) is 13.5 Å². The Morgan fingerprint density at radius 2 is 1.75 bits per heavy atom. The van der Waals surface area contributed by atoms with Crippen molar-refractivity contribution in [1.29, 1.82) is 0 Å². The number of nitrogens with zero attached hydrogens (tertiary/aromatic N) is 1. The molecule has 0 radical (unpaired) electrons. The van der Waals surface area contributed by atoms with Crippen LogP contribution in [0.15, 0.2) is 42.5 Å². The van der Waals surface area contributed by atoms with E-state index in [-0.39, 0.29) is 11.5 Å². The number of benzene rings is 2. The van der Waals surface area contributed by atoms with Crippen molar-refractivity contribution in [3.8, 4) is 17.0 Å². The van der Waals surface area contributed by atoms with Crippen LogP contribution in [0.4, 0.5) is 0 Å². The van der Waals surface area contributed by atoms with Gasteiger partial charge in [-0.1, -0.05) is 6.07 Å². The van der Waals surface area contributed by atoms with Crippen molar-refractivity contribution in [3.05, 3.63) is 59.2 Å². The first-order valence-corrected chi connectivity index (χ1v) is 9.67. The average Bonchev–Trinajstić information content (AvgIpc) is 2.49. The SMILES string of the molecule is Cc1cc(-c2cc(C)c3cc(CS(C)(=O)=O)ccc3n2)ccc1O. The lowest BCUT2D eigenvalue weighted by Crippen LogP contribution is -2.01. The Bertz CT molecular complexity index is 1040. The number of fused-ring (bicyclic) bond motifs is 1.